The van der Waals surface area contributed by atoms with Gasteiger partial charge in [-0.2, -0.15) is 0 Å². The summed E-state index contributed by atoms with van der Waals surface area (Å²) in [6.07, 6.45) is 1.81. The maximum atomic E-state index is 10.6. The van der Waals surface area contributed by atoms with Crippen molar-refractivity contribution >= 4 is 11.4 Å². The van der Waals surface area contributed by atoms with Gasteiger partial charge in [0, 0.05) is 18.7 Å². The van der Waals surface area contributed by atoms with Crippen molar-refractivity contribution in [1.82, 2.24) is 0 Å². The zero-order valence-electron chi connectivity index (χ0n) is 9.00. The van der Waals surface area contributed by atoms with Gasteiger partial charge in [-0.15, -0.1) is 4.91 Å². The van der Waals surface area contributed by atoms with Crippen LogP contribution >= 0.6 is 0 Å². The number of nitro benzene ring substituents is 1. The van der Waals surface area contributed by atoms with Crippen LogP contribution in [0, 0.1) is 15.0 Å². The molecule has 6 heteroatoms. The first-order valence-corrected chi connectivity index (χ1v) is 5.04. The van der Waals surface area contributed by atoms with E-state index in [1.54, 1.807) is 0 Å². The lowest BCUT2D eigenvalue weighted by Gasteiger charge is -2.13. The number of hydrogen-bond donors (Lipinski definition) is 0. The molecule has 0 atom stereocenters. The number of nitro groups is 1. The van der Waals surface area contributed by atoms with Crippen molar-refractivity contribution in [3.63, 3.8) is 0 Å². The van der Waals surface area contributed by atoms with E-state index in [0.717, 1.165) is 12.8 Å². The number of non-ortho nitro benzene ring substituents is 1. The Morgan fingerprint density at radius 2 is 2.00 bits per heavy atom. The SMILES string of the molecule is CCCCN(N=O)c1ccc([N+](=O)[O-])cc1. The molecule has 1 aromatic carbocycles. The highest BCUT2D eigenvalue weighted by molar-refractivity contribution is 5.50. The Morgan fingerprint density at radius 1 is 1.38 bits per heavy atom. The zero-order valence-corrected chi connectivity index (χ0v) is 9.00. The molecule has 0 bridgehead atoms. The van der Waals surface area contributed by atoms with Crippen LogP contribution in [-0.2, 0) is 0 Å². The van der Waals surface area contributed by atoms with Gasteiger partial charge in [-0.1, -0.05) is 13.3 Å². The van der Waals surface area contributed by atoms with E-state index in [1.807, 2.05) is 6.92 Å². The number of hydrogen-bond acceptors (Lipinski definition) is 4. The van der Waals surface area contributed by atoms with Crippen LogP contribution in [-0.4, -0.2) is 11.5 Å². The Kier molecular flexibility index (Phi) is 4.38. The summed E-state index contributed by atoms with van der Waals surface area (Å²) in [4.78, 5) is 20.5. The second-order valence-electron chi connectivity index (χ2n) is 3.33. The Labute approximate surface area is 93.0 Å². The van der Waals surface area contributed by atoms with Crippen LogP contribution < -0.4 is 5.01 Å². The maximum absolute atomic E-state index is 10.6. The Balaban J connectivity index is 2.78. The molecule has 0 N–H and O–H groups in total. The molecular formula is C10H13N3O3. The first kappa shape index (κ1) is 12.1. The van der Waals surface area contributed by atoms with Gasteiger partial charge in [0.25, 0.3) is 5.69 Å². The molecule has 0 aliphatic carbocycles. The van der Waals surface area contributed by atoms with Crippen LogP contribution in [0.15, 0.2) is 29.6 Å². The smallest absolute Gasteiger partial charge is 0.258 e. The molecule has 0 aliphatic heterocycles. The Hall–Kier alpha value is -1.98. The van der Waals surface area contributed by atoms with E-state index in [9.17, 15) is 15.0 Å². The molecule has 0 fully saturated rings. The van der Waals surface area contributed by atoms with E-state index >= 15 is 0 Å². The summed E-state index contributed by atoms with van der Waals surface area (Å²) >= 11 is 0. The topological polar surface area (TPSA) is 75.8 Å². The lowest BCUT2D eigenvalue weighted by atomic mass is 10.2. The summed E-state index contributed by atoms with van der Waals surface area (Å²) in [6, 6.07) is 5.77. The van der Waals surface area contributed by atoms with E-state index in [-0.39, 0.29) is 5.69 Å². The largest absolute Gasteiger partial charge is 0.269 e. The van der Waals surface area contributed by atoms with E-state index in [1.165, 1.54) is 29.3 Å². The molecule has 0 spiro atoms. The third-order valence-corrected chi connectivity index (χ3v) is 2.18. The normalized spacial score (nSPS) is 9.81. The monoisotopic (exact) mass is 223 g/mol. The van der Waals surface area contributed by atoms with Gasteiger partial charge in [-0.05, 0) is 18.6 Å². The van der Waals surface area contributed by atoms with E-state index in [0.29, 0.717) is 12.2 Å². The third-order valence-electron chi connectivity index (χ3n) is 2.18. The van der Waals surface area contributed by atoms with Crippen molar-refractivity contribution < 1.29 is 4.92 Å². The average molecular weight is 223 g/mol. The number of nitrogens with zero attached hydrogens (tertiary/aromatic N) is 3. The van der Waals surface area contributed by atoms with Gasteiger partial charge in [0.05, 0.1) is 15.9 Å². The molecule has 1 aromatic rings. The fraction of sp³-hybridized carbons (Fsp3) is 0.400. The lowest BCUT2D eigenvalue weighted by Crippen LogP contribution is -2.16. The van der Waals surface area contributed by atoms with Crippen molar-refractivity contribution in [2.75, 3.05) is 11.6 Å². The second kappa shape index (κ2) is 5.79. The number of rotatable bonds is 6. The van der Waals surface area contributed by atoms with Crippen molar-refractivity contribution in [3.8, 4) is 0 Å². The van der Waals surface area contributed by atoms with Gasteiger partial charge < -0.3 is 0 Å². The molecule has 0 saturated carbocycles. The minimum absolute atomic E-state index is 0.00471. The zero-order chi connectivity index (χ0) is 12.0. The summed E-state index contributed by atoms with van der Waals surface area (Å²) < 4.78 is 0. The van der Waals surface area contributed by atoms with E-state index in [2.05, 4.69) is 5.29 Å². The van der Waals surface area contributed by atoms with Crippen LogP contribution in [0.1, 0.15) is 19.8 Å². The number of benzene rings is 1. The second-order valence-corrected chi connectivity index (χ2v) is 3.33. The molecule has 0 heterocycles. The average Bonchev–Trinajstić information content (AvgIpc) is 2.30. The molecule has 0 saturated heterocycles. The number of nitroso groups, excluding NO2 is 1. The highest BCUT2D eigenvalue weighted by atomic mass is 16.6. The van der Waals surface area contributed by atoms with Gasteiger partial charge in [0.1, 0.15) is 0 Å². The minimum Gasteiger partial charge on any atom is -0.258 e. The molecule has 0 aromatic heterocycles. The Morgan fingerprint density at radius 3 is 2.44 bits per heavy atom. The standard InChI is InChI=1S/C10H13N3O3/c1-2-3-8-12(11-14)9-4-6-10(7-5-9)13(15)16/h4-7H,2-3,8H2,1H3. The van der Waals surface area contributed by atoms with Crippen LogP contribution in [0.3, 0.4) is 0 Å². The first-order valence-electron chi connectivity index (χ1n) is 5.04. The summed E-state index contributed by atoms with van der Waals surface area (Å²) in [5, 5.41) is 14.6. The molecule has 86 valence electrons. The fourth-order valence-corrected chi connectivity index (χ4v) is 1.27. The number of unbranched alkanes of at least 4 members (excludes halogenated alkanes) is 1. The molecule has 6 nitrogen and oxygen atoms in total. The van der Waals surface area contributed by atoms with E-state index in [4.69, 9.17) is 0 Å². The molecule has 0 radical (unpaired) electrons. The molecular weight excluding hydrogens is 210 g/mol. The predicted molar refractivity (Wildman–Crippen MR) is 61.1 cm³/mol. The van der Waals surface area contributed by atoms with Crippen LogP contribution in [0.5, 0.6) is 0 Å². The van der Waals surface area contributed by atoms with Crippen molar-refractivity contribution in [3.05, 3.63) is 39.3 Å². The minimum atomic E-state index is -0.478. The van der Waals surface area contributed by atoms with Crippen molar-refractivity contribution in [2.24, 2.45) is 5.29 Å². The lowest BCUT2D eigenvalue weighted by molar-refractivity contribution is -0.384. The fourth-order valence-electron chi connectivity index (χ4n) is 1.27. The quantitative estimate of drug-likeness (QED) is 0.422. The van der Waals surface area contributed by atoms with Gasteiger partial charge in [-0.3, -0.25) is 10.1 Å². The predicted octanol–water partition coefficient (Wildman–Crippen LogP) is 2.88. The highest BCUT2D eigenvalue weighted by Gasteiger charge is 2.09. The molecule has 0 unspecified atom stereocenters. The Bertz CT molecular complexity index is 364. The summed E-state index contributed by atoms with van der Waals surface area (Å²) in [5.41, 5.74) is 0.583. The first-order chi connectivity index (χ1) is 7.69. The third kappa shape index (κ3) is 3.01. The van der Waals surface area contributed by atoms with Gasteiger partial charge in [0.15, 0.2) is 0 Å². The van der Waals surface area contributed by atoms with Gasteiger partial charge in [-0.25, -0.2) is 5.01 Å². The molecule has 1 rings (SSSR count). The molecule has 0 aliphatic rings. The van der Waals surface area contributed by atoms with Gasteiger partial charge >= 0.3 is 0 Å². The van der Waals surface area contributed by atoms with E-state index < -0.39 is 4.92 Å². The highest BCUT2D eigenvalue weighted by Crippen LogP contribution is 2.19. The summed E-state index contributed by atoms with van der Waals surface area (Å²) in [5.74, 6) is 0. The molecule has 16 heavy (non-hydrogen) atoms. The van der Waals surface area contributed by atoms with Crippen molar-refractivity contribution in [2.45, 2.75) is 19.8 Å². The summed E-state index contributed by atoms with van der Waals surface area (Å²) in [7, 11) is 0. The van der Waals surface area contributed by atoms with Crippen molar-refractivity contribution in [1.29, 1.82) is 0 Å². The van der Waals surface area contributed by atoms with Crippen LogP contribution in [0.25, 0.3) is 0 Å². The van der Waals surface area contributed by atoms with Gasteiger partial charge in [0.2, 0.25) is 0 Å². The number of anilines is 1. The summed E-state index contributed by atoms with van der Waals surface area (Å²) in [6.45, 7) is 2.54. The molecule has 0 amide bonds. The van der Waals surface area contributed by atoms with Crippen LogP contribution in [0.4, 0.5) is 11.4 Å². The maximum Gasteiger partial charge on any atom is 0.269 e. The van der Waals surface area contributed by atoms with Crippen LogP contribution in [0.2, 0.25) is 0 Å².